The molecule has 0 atom stereocenters. The monoisotopic (exact) mass is 458 g/mol. The molecule has 1 heterocycles. The van der Waals surface area contributed by atoms with E-state index >= 15 is 0 Å². The SMILES string of the molecule is NC(=O)c1cccc(C2CCC(CCN3CCC(Oc4ccc(F)cc4Cl)CC3)CC2)c1. The van der Waals surface area contributed by atoms with Gasteiger partial charge >= 0.3 is 0 Å². The number of hydrogen-bond donors (Lipinski definition) is 1. The number of amides is 1. The summed E-state index contributed by atoms with van der Waals surface area (Å²) in [4.78, 5) is 14.0. The molecule has 4 nitrogen and oxygen atoms in total. The van der Waals surface area contributed by atoms with Crippen LogP contribution in [0.2, 0.25) is 5.02 Å². The lowest BCUT2D eigenvalue weighted by atomic mass is 9.77. The Morgan fingerprint density at radius 3 is 2.50 bits per heavy atom. The molecule has 2 aromatic rings. The molecule has 1 saturated carbocycles. The van der Waals surface area contributed by atoms with E-state index in [9.17, 15) is 9.18 Å². The van der Waals surface area contributed by atoms with E-state index in [0.717, 1.165) is 38.4 Å². The number of rotatable bonds is 7. The van der Waals surface area contributed by atoms with E-state index in [1.54, 1.807) is 12.1 Å². The average Bonchev–Trinajstić information content (AvgIpc) is 2.81. The maximum Gasteiger partial charge on any atom is 0.248 e. The highest BCUT2D eigenvalue weighted by molar-refractivity contribution is 6.32. The van der Waals surface area contributed by atoms with Crippen LogP contribution in [-0.4, -0.2) is 36.5 Å². The van der Waals surface area contributed by atoms with Crippen LogP contribution in [0.4, 0.5) is 4.39 Å². The predicted molar refractivity (Wildman–Crippen MR) is 126 cm³/mol. The standard InChI is InChI=1S/C26H32ClFN2O2/c27-24-17-22(28)8-9-25(24)32-23-11-14-30(15-12-23)13-10-18-4-6-19(7-5-18)20-2-1-3-21(16-20)26(29)31/h1-3,8-9,16-19,23H,4-7,10-15H2,(H2,29,31). The van der Waals surface area contributed by atoms with Crippen LogP contribution in [0.3, 0.4) is 0 Å². The van der Waals surface area contributed by atoms with Crippen LogP contribution in [-0.2, 0) is 0 Å². The first-order valence-corrected chi connectivity index (χ1v) is 12.1. The molecule has 0 bridgehead atoms. The van der Waals surface area contributed by atoms with Crippen LogP contribution in [0, 0.1) is 11.7 Å². The largest absolute Gasteiger partial charge is 0.489 e. The summed E-state index contributed by atoms with van der Waals surface area (Å²) in [7, 11) is 0. The van der Waals surface area contributed by atoms with Crippen molar-refractivity contribution in [3.05, 3.63) is 64.4 Å². The molecule has 32 heavy (non-hydrogen) atoms. The number of nitrogens with two attached hydrogens (primary N) is 1. The summed E-state index contributed by atoms with van der Waals surface area (Å²) < 4.78 is 19.2. The number of ether oxygens (including phenoxy) is 1. The Morgan fingerprint density at radius 2 is 1.81 bits per heavy atom. The molecule has 1 aliphatic carbocycles. The number of piperidine rings is 1. The van der Waals surface area contributed by atoms with Crippen molar-refractivity contribution in [1.29, 1.82) is 0 Å². The summed E-state index contributed by atoms with van der Waals surface area (Å²) in [6, 6.07) is 12.1. The van der Waals surface area contributed by atoms with Gasteiger partial charge in [0.25, 0.3) is 0 Å². The second-order valence-corrected chi connectivity index (χ2v) is 9.64. The molecule has 0 radical (unpaired) electrons. The molecular weight excluding hydrogens is 427 g/mol. The van der Waals surface area contributed by atoms with Crippen LogP contribution >= 0.6 is 11.6 Å². The van der Waals surface area contributed by atoms with E-state index < -0.39 is 0 Å². The molecule has 0 spiro atoms. The highest BCUT2D eigenvalue weighted by atomic mass is 35.5. The fourth-order valence-electron chi connectivity index (χ4n) is 5.10. The smallest absolute Gasteiger partial charge is 0.248 e. The quantitative estimate of drug-likeness (QED) is 0.571. The molecular formula is C26H32ClFN2O2. The van der Waals surface area contributed by atoms with Crippen molar-refractivity contribution >= 4 is 17.5 Å². The van der Waals surface area contributed by atoms with Gasteiger partial charge in [0, 0.05) is 18.7 Å². The van der Waals surface area contributed by atoms with Crippen molar-refractivity contribution in [2.24, 2.45) is 11.7 Å². The zero-order valence-electron chi connectivity index (χ0n) is 18.4. The summed E-state index contributed by atoms with van der Waals surface area (Å²) in [6.45, 7) is 3.19. The van der Waals surface area contributed by atoms with E-state index in [1.807, 2.05) is 12.1 Å². The van der Waals surface area contributed by atoms with E-state index in [2.05, 4.69) is 11.0 Å². The second-order valence-electron chi connectivity index (χ2n) is 9.23. The van der Waals surface area contributed by atoms with Gasteiger partial charge in [0.15, 0.2) is 0 Å². The number of benzene rings is 2. The average molecular weight is 459 g/mol. The molecule has 1 saturated heterocycles. The van der Waals surface area contributed by atoms with Gasteiger partial charge in [0.1, 0.15) is 17.7 Å². The molecule has 172 valence electrons. The van der Waals surface area contributed by atoms with Crippen molar-refractivity contribution in [2.45, 2.75) is 57.0 Å². The van der Waals surface area contributed by atoms with Gasteiger partial charge in [0.2, 0.25) is 5.91 Å². The van der Waals surface area contributed by atoms with E-state index in [4.69, 9.17) is 22.1 Å². The molecule has 0 unspecified atom stereocenters. The van der Waals surface area contributed by atoms with Crippen molar-refractivity contribution in [2.75, 3.05) is 19.6 Å². The third-order valence-electron chi connectivity index (χ3n) is 7.07. The van der Waals surface area contributed by atoms with E-state index in [1.165, 1.54) is 49.8 Å². The zero-order valence-corrected chi connectivity index (χ0v) is 19.2. The van der Waals surface area contributed by atoms with Crippen LogP contribution in [0.25, 0.3) is 0 Å². The third kappa shape index (κ3) is 6.02. The molecule has 2 N–H and O–H groups in total. The minimum absolute atomic E-state index is 0.140. The number of carbonyl (C=O) groups is 1. The number of halogens is 2. The summed E-state index contributed by atoms with van der Waals surface area (Å²) in [5.74, 6) is 1.19. The van der Waals surface area contributed by atoms with Gasteiger partial charge in [0.05, 0.1) is 5.02 Å². The summed E-state index contributed by atoms with van der Waals surface area (Å²) in [5, 5.41) is 0.337. The lowest BCUT2D eigenvalue weighted by molar-refractivity contribution is 0.0952. The Balaban J connectivity index is 1.17. The van der Waals surface area contributed by atoms with Crippen molar-refractivity contribution in [3.8, 4) is 5.75 Å². The number of carbonyl (C=O) groups excluding carboxylic acids is 1. The normalized spacial score (nSPS) is 22.6. The summed E-state index contributed by atoms with van der Waals surface area (Å²) in [6.07, 6.45) is 8.17. The van der Waals surface area contributed by atoms with Gasteiger partial charge in [-0.1, -0.05) is 23.7 Å². The molecule has 2 aromatic carbocycles. The van der Waals surface area contributed by atoms with E-state index in [0.29, 0.717) is 22.3 Å². The first-order chi connectivity index (χ1) is 15.5. The van der Waals surface area contributed by atoms with Crippen molar-refractivity contribution in [3.63, 3.8) is 0 Å². The van der Waals surface area contributed by atoms with Crippen LogP contribution < -0.4 is 10.5 Å². The number of likely N-dealkylation sites (tertiary alicyclic amines) is 1. The topological polar surface area (TPSA) is 55.6 Å². The minimum atomic E-state index is -0.351. The Kier molecular flexibility index (Phi) is 7.69. The number of hydrogen-bond acceptors (Lipinski definition) is 3. The summed E-state index contributed by atoms with van der Waals surface area (Å²) in [5.41, 5.74) is 7.30. The van der Waals surface area contributed by atoms with Gasteiger partial charge < -0.3 is 15.4 Å². The lowest BCUT2D eigenvalue weighted by Gasteiger charge is -2.34. The number of nitrogens with zero attached hydrogens (tertiary/aromatic N) is 1. The van der Waals surface area contributed by atoms with Gasteiger partial charge in [-0.3, -0.25) is 4.79 Å². The maximum absolute atomic E-state index is 13.2. The van der Waals surface area contributed by atoms with Crippen LogP contribution in [0.5, 0.6) is 5.75 Å². The van der Waals surface area contributed by atoms with Crippen molar-refractivity contribution < 1.29 is 13.9 Å². The molecule has 1 amide bonds. The minimum Gasteiger partial charge on any atom is -0.489 e. The Labute approximate surface area is 194 Å². The summed E-state index contributed by atoms with van der Waals surface area (Å²) >= 11 is 6.09. The molecule has 1 aliphatic heterocycles. The first kappa shape index (κ1) is 23.1. The molecule has 2 aliphatic rings. The number of primary amides is 1. The Morgan fingerprint density at radius 1 is 1.06 bits per heavy atom. The Bertz CT molecular complexity index is 922. The molecule has 2 fully saturated rings. The van der Waals surface area contributed by atoms with Gasteiger partial charge in [-0.2, -0.15) is 0 Å². The van der Waals surface area contributed by atoms with Crippen LogP contribution in [0.1, 0.15) is 66.8 Å². The first-order valence-electron chi connectivity index (χ1n) is 11.7. The third-order valence-corrected chi connectivity index (χ3v) is 7.36. The van der Waals surface area contributed by atoms with Gasteiger partial charge in [-0.05, 0) is 99.2 Å². The van der Waals surface area contributed by atoms with Crippen LogP contribution in [0.15, 0.2) is 42.5 Å². The Hall–Kier alpha value is -2.11. The van der Waals surface area contributed by atoms with Crippen molar-refractivity contribution in [1.82, 2.24) is 4.90 Å². The second kappa shape index (κ2) is 10.7. The van der Waals surface area contributed by atoms with Gasteiger partial charge in [-0.25, -0.2) is 4.39 Å². The zero-order chi connectivity index (χ0) is 22.5. The predicted octanol–water partition coefficient (Wildman–Crippen LogP) is 5.79. The van der Waals surface area contributed by atoms with E-state index in [-0.39, 0.29) is 17.8 Å². The fraction of sp³-hybridized carbons (Fsp3) is 0.500. The molecule has 6 heteroatoms. The fourth-order valence-corrected chi connectivity index (χ4v) is 5.31. The molecule has 0 aromatic heterocycles. The van der Waals surface area contributed by atoms with Gasteiger partial charge in [-0.15, -0.1) is 0 Å². The highest BCUT2D eigenvalue weighted by Gasteiger charge is 2.25. The maximum atomic E-state index is 13.2. The lowest BCUT2D eigenvalue weighted by Crippen LogP contribution is -2.39. The molecule has 4 rings (SSSR count). The highest BCUT2D eigenvalue weighted by Crippen LogP contribution is 2.37.